The maximum absolute atomic E-state index is 12.0. The zero-order valence-corrected chi connectivity index (χ0v) is 17.2. The van der Waals surface area contributed by atoms with Gasteiger partial charge in [0, 0.05) is 24.2 Å². The standard InChI is InChI=1S/C19H28NO6P/c1-5-14-13(3)16-11-26-19(22)17(16)18(21)15(14)7-6-12(2)10-20(4)8-9-27(23,24)25/h6,21H,5,7-11H2,1-4H3,(H2,23,24,25). The van der Waals surface area contributed by atoms with E-state index in [2.05, 4.69) is 0 Å². The predicted octanol–water partition coefficient (Wildman–Crippen LogP) is 2.53. The van der Waals surface area contributed by atoms with Crippen molar-refractivity contribution < 1.29 is 29.0 Å². The maximum atomic E-state index is 12.0. The Hall–Kier alpha value is -1.66. The van der Waals surface area contributed by atoms with Crippen molar-refractivity contribution in [2.24, 2.45) is 0 Å². The number of hydrogen-bond acceptors (Lipinski definition) is 5. The van der Waals surface area contributed by atoms with Crippen LogP contribution in [0.4, 0.5) is 0 Å². The van der Waals surface area contributed by atoms with Crippen molar-refractivity contribution in [1.29, 1.82) is 0 Å². The van der Waals surface area contributed by atoms with E-state index in [0.29, 0.717) is 19.5 Å². The molecule has 1 aliphatic heterocycles. The van der Waals surface area contributed by atoms with E-state index < -0.39 is 13.6 Å². The van der Waals surface area contributed by atoms with E-state index in [-0.39, 0.29) is 24.1 Å². The zero-order chi connectivity index (χ0) is 20.4. The number of nitrogens with zero attached hydrogens (tertiary/aromatic N) is 1. The first-order valence-electron chi connectivity index (χ1n) is 8.97. The third-order valence-corrected chi connectivity index (χ3v) is 5.73. The minimum Gasteiger partial charge on any atom is -0.507 e. The Bertz CT molecular complexity index is 811. The third-order valence-electron chi connectivity index (χ3n) is 4.95. The molecule has 2 rings (SSSR count). The summed E-state index contributed by atoms with van der Waals surface area (Å²) in [6.07, 6.45) is 3.03. The number of fused-ring (bicyclic) bond motifs is 1. The highest BCUT2D eigenvalue weighted by atomic mass is 31.2. The molecule has 0 amide bonds. The quantitative estimate of drug-likeness (QED) is 0.351. The summed E-state index contributed by atoms with van der Waals surface area (Å²) in [7, 11) is -2.20. The Morgan fingerprint density at radius 3 is 2.59 bits per heavy atom. The van der Waals surface area contributed by atoms with Crippen LogP contribution in [0.1, 0.15) is 46.5 Å². The second-order valence-electron chi connectivity index (χ2n) is 7.09. The lowest BCUT2D eigenvalue weighted by Crippen LogP contribution is -2.24. The number of phenolic OH excluding ortho intramolecular Hbond substituents is 1. The number of benzene rings is 1. The van der Waals surface area contributed by atoms with E-state index in [9.17, 15) is 14.5 Å². The van der Waals surface area contributed by atoms with Crippen molar-refractivity contribution in [2.75, 3.05) is 26.3 Å². The van der Waals surface area contributed by atoms with Crippen LogP contribution in [0, 0.1) is 6.92 Å². The van der Waals surface area contributed by atoms with Crippen LogP contribution in [0.5, 0.6) is 5.75 Å². The Kier molecular flexibility index (Phi) is 6.87. The number of likely N-dealkylation sites (N-methyl/N-ethyl adjacent to an activating group) is 1. The van der Waals surface area contributed by atoms with Crippen molar-refractivity contribution in [2.45, 2.75) is 40.2 Å². The van der Waals surface area contributed by atoms with E-state index in [0.717, 1.165) is 34.2 Å². The average Bonchev–Trinajstić information content (AvgIpc) is 2.96. The first kappa shape index (κ1) is 21.6. The fourth-order valence-corrected chi connectivity index (χ4v) is 4.09. The molecule has 1 aliphatic rings. The van der Waals surface area contributed by atoms with Crippen LogP contribution in [-0.2, 0) is 28.8 Å². The molecule has 0 radical (unpaired) electrons. The summed E-state index contributed by atoms with van der Waals surface area (Å²) in [5.41, 5.74) is 4.84. The predicted molar refractivity (Wildman–Crippen MR) is 103 cm³/mol. The normalized spacial score (nSPS) is 14.6. The second kappa shape index (κ2) is 8.57. The largest absolute Gasteiger partial charge is 0.507 e. The molecule has 0 saturated heterocycles. The Morgan fingerprint density at radius 1 is 1.33 bits per heavy atom. The molecule has 0 unspecified atom stereocenters. The molecule has 150 valence electrons. The lowest BCUT2D eigenvalue weighted by molar-refractivity contribution is 0.0533. The Labute approximate surface area is 159 Å². The number of rotatable bonds is 8. The lowest BCUT2D eigenvalue weighted by Gasteiger charge is -2.18. The van der Waals surface area contributed by atoms with Gasteiger partial charge < -0.3 is 24.5 Å². The molecule has 0 aliphatic carbocycles. The van der Waals surface area contributed by atoms with Crippen LogP contribution in [0.15, 0.2) is 11.6 Å². The van der Waals surface area contributed by atoms with Gasteiger partial charge in [-0.05, 0) is 44.9 Å². The van der Waals surface area contributed by atoms with Crippen molar-refractivity contribution in [3.8, 4) is 5.75 Å². The van der Waals surface area contributed by atoms with Gasteiger partial charge in [-0.3, -0.25) is 4.57 Å². The van der Waals surface area contributed by atoms with E-state index in [4.69, 9.17) is 14.5 Å². The highest BCUT2D eigenvalue weighted by Gasteiger charge is 2.30. The molecule has 0 saturated carbocycles. The van der Waals surface area contributed by atoms with Crippen molar-refractivity contribution in [3.05, 3.63) is 39.5 Å². The SMILES string of the molecule is CCc1c(C)c2c(c(O)c1CC=C(C)CN(C)CCP(=O)(O)O)C(=O)OC2. The molecule has 1 heterocycles. The maximum Gasteiger partial charge on any atom is 0.342 e. The molecule has 27 heavy (non-hydrogen) atoms. The molecule has 7 nitrogen and oxygen atoms in total. The molecule has 1 aromatic carbocycles. The van der Waals surface area contributed by atoms with Gasteiger partial charge in [-0.15, -0.1) is 0 Å². The second-order valence-corrected chi connectivity index (χ2v) is 8.87. The zero-order valence-electron chi connectivity index (χ0n) is 16.3. The van der Waals surface area contributed by atoms with E-state index in [1.165, 1.54) is 0 Å². The number of carbonyl (C=O) groups excluding carboxylic acids is 1. The van der Waals surface area contributed by atoms with Crippen LogP contribution in [0.2, 0.25) is 0 Å². The first-order chi connectivity index (χ1) is 12.5. The number of allylic oxidation sites excluding steroid dienone is 1. The van der Waals surface area contributed by atoms with Gasteiger partial charge in [-0.25, -0.2) is 4.79 Å². The summed E-state index contributed by atoms with van der Waals surface area (Å²) in [6.45, 7) is 6.97. The fraction of sp³-hybridized carbons (Fsp3) is 0.526. The summed E-state index contributed by atoms with van der Waals surface area (Å²) in [5.74, 6) is -0.471. The van der Waals surface area contributed by atoms with Crippen molar-refractivity contribution in [3.63, 3.8) is 0 Å². The van der Waals surface area contributed by atoms with Crippen molar-refractivity contribution >= 4 is 13.6 Å². The van der Waals surface area contributed by atoms with Crippen LogP contribution in [0.25, 0.3) is 0 Å². The number of ether oxygens (including phenoxy) is 1. The Morgan fingerprint density at radius 2 is 2.00 bits per heavy atom. The van der Waals surface area contributed by atoms with Crippen LogP contribution >= 0.6 is 7.60 Å². The number of esters is 1. The molecular formula is C19H28NO6P. The average molecular weight is 397 g/mol. The summed E-state index contributed by atoms with van der Waals surface area (Å²) in [6, 6.07) is 0. The molecule has 8 heteroatoms. The minimum absolute atomic E-state index is 0.00820. The smallest absolute Gasteiger partial charge is 0.342 e. The highest BCUT2D eigenvalue weighted by molar-refractivity contribution is 7.51. The van der Waals surface area contributed by atoms with Crippen molar-refractivity contribution in [1.82, 2.24) is 4.90 Å². The third kappa shape index (κ3) is 5.20. The van der Waals surface area contributed by atoms with Gasteiger partial charge in [0.25, 0.3) is 0 Å². The van der Waals surface area contributed by atoms with Gasteiger partial charge in [0.2, 0.25) is 0 Å². The first-order valence-corrected chi connectivity index (χ1v) is 10.8. The van der Waals surface area contributed by atoms with E-state index >= 15 is 0 Å². The summed E-state index contributed by atoms with van der Waals surface area (Å²) >= 11 is 0. The molecule has 0 aromatic heterocycles. The molecule has 0 fully saturated rings. The molecule has 0 bridgehead atoms. The van der Waals surface area contributed by atoms with Crippen LogP contribution in [0.3, 0.4) is 0 Å². The van der Waals surface area contributed by atoms with E-state index in [1.54, 1.807) is 7.05 Å². The van der Waals surface area contributed by atoms with Gasteiger partial charge >= 0.3 is 13.6 Å². The summed E-state index contributed by atoms with van der Waals surface area (Å²) < 4.78 is 16.1. The summed E-state index contributed by atoms with van der Waals surface area (Å²) in [4.78, 5) is 31.7. The van der Waals surface area contributed by atoms with E-state index in [1.807, 2.05) is 31.7 Å². The van der Waals surface area contributed by atoms with Crippen LogP contribution in [-0.4, -0.2) is 52.1 Å². The summed E-state index contributed by atoms with van der Waals surface area (Å²) in [5, 5.41) is 10.7. The molecule has 0 atom stereocenters. The topological polar surface area (TPSA) is 107 Å². The fourth-order valence-electron chi connectivity index (χ4n) is 3.49. The van der Waals surface area contributed by atoms with Gasteiger partial charge in [-0.1, -0.05) is 18.6 Å². The Balaban J connectivity index is 2.18. The number of hydrogen-bond donors (Lipinski definition) is 3. The molecule has 1 aromatic rings. The number of aromatic hydroxyl groups is 1. The number of phenols is 1. The van der Waals surface area contributed by atoms with Gasteiger partial charge in [0.05, 0.1) is 6.16 Å². The van der Waals surface area contributed by atoms with Gasteiger partial charge in [0.15, 0.2) is 0 Å². The molecule has 0 spiro atoms. The minimum atomic E-state index is -4.00. The molecule has 3 N–H and O–H groups in total. The highest BCUT2D eigenvalue weighted by Crippen LogP contribution is 2.38. The van der Waals surface area contributed by atoms with Crippen LogP contribution < -0.4 is 0 Å². The lowest BCUT2D eigenvalue weighted by atomic mass is 9.89. The number of carbonyl (C=O) groups is 1. The van der Waals surface area contributed by atoms with Gasteiger partial charge in [-0.2, -0.15) is 0 Å². The number of cyclic esters (lactones) is 1. The molecular weight excluding hydrogens is 369 g/mol. The van der Waals surface area contributed by atoms with Gasteiger partial charge in [0.1, 0.15) is 17.9 Å². The monoisotopic (exact) mass is 397 g/mol.